The standard InChI is InChI=1S/C9H8BrNO3/c10-5-2-1-4-6(11)3-14-8(4)7(5)9(12)13/h1-2,6H,3,11H2,(H,12,13)/t6-/m0/s1. The average molecular weight is 258 g/mol. The molecule has 0 aliphatic carbocycles. The van der Waals surface area contributed by atoms with Crippen molar-refractivity contribution in [3.8, 4) is 5.75 Å². The Balaban J connectivity index is 2.65. The van der Waals surface area contributed by atoms with Gasteiger partial charge in [0.15, 0.2) is 0 Å². The van der Waals surface area contributed by atoms with Crippen LogP contribution in [0.4, 0.5) is 0 Å². The highest BCUT2D eigenvalue weighted by Gasteiger charge is 2.27. The normalized spacial score (nSPS) is 18.9. The van der Waals surface area contributed by atoms with Crippen LogP contribution in [0.5, 0.6) is 5.75 Å². The number of carboxylic acids is 1. The molecule has 5 heteroatoms. The van der Waals surface area contributed by atoms with Crippen molar-refractivity contribution in [1.82, 2.24) is 0 Å². The molecule has 0 aromatic heterocycles. The van der Waals surface area contributed by atoms with Gasteiger partial charge in [-0.1, -0.05) is 6.07 Å². The molecule has 2 rings (SSSR count). The predicted molar refractivity (Wildman–Crippen MR) is 53.5 cm³/mol. The first-order valence-corrected chi connectivity index (χ1v) is 4.84. The highest BCUT2D eigenvalue weighted by molar-refractivity contribution is 9.10. The molecule has 0 spiro atoms. The number of aromatic carboxylic acids is 1. The second kappa shape index (κ2) is 3.25. The maximum Gasteiger partial charge on any atom is 0.340 e. The van der Waals surface area contributed by atoms with Gasteiger partial charge in [-0.15, -0.1) is 0 Å². The van der Waals surface area contributed by atoms with E-state index >= 15 is 0 Å². The molecular weight excluding hydrogens is 250 g/mol. The molecule has 3 N–H and O–H groups in total. The molecule has 1 aliphatic heterocycles. The van der Waals surface area contributed by atoms with Gasteiger partial charge in [0.2, 0.25) is 0 Å². The Bertz CT molecular complexity index is 405. The Morgan fingerprint density at radius 3 is 3.00 bits per heavy atom. The summed E-state index contributed by atoms with van der Waals surface area (Å²) < 4.78 is 5.76. The second-order valence-corrected chi connectivity index (χ2v) is 3.92. The number of nitrogens with two attached hydrogens (primary N) is 1. The minimum Gasteiger partial charge on any atom is -0.490 e. The van der Waals surface area contributed by atoms with Crippen molar-refractivity contribution in [3.63, 3.8) is 0 Å². The zero-order valence-electron chi connectivity index (χ0n) is 7.16. The molecule has 74 valence electrons. The Kier molecular flexibility index (Phi) is 2.20. The van der Waals surface area contributed by atoms with E-state index in [0.717, 1.165) is 5.56 Å². The van der Waals surface area contributed by atoms with E-state index in [1.807, 2.05) is 0 Å². The Morgan fingerprint density at radius 1 is 1.64 bits per heavy atom. The fourth-order valence-corrected chi connectivity index (χ4v) is 1.97. The van der Waals surface area contributed by atoms with E-state index in [4.69, 9.17) is 15.6 Å². The van der Waals surface area contributed by atoms with Crippen LogP contribution in [0, 0.1) is 0 Å². The van der Waals surface area contributed by atoms with Crippen LogP contribution in [0.2, 0.25) is 0 Å². The lowest BCUT2D eigenvalue weighted by Gasteiger charge is -2.05. The fraction of sp³-hybridized carbons (Fsp3) is 0.222. The van der Waals surface area contributed by atoms with E-state index in [2.05, 4.69) is 15.9 Å². The van der Waals surface area contributed by atoms with Crippen molar-refractivity contribution in [2.45, 2.75) is 6.04 Å². The smallest absolute Gasteiger partial charge is 0.340 e. The minimum absolute atomic E-state index is 0.149. The summed E-state index contributed by atoms with van der Waals surface area (Å²) in [6.45, 7) is 0.339. The van der Waals surface area contributed by atoms with E-state index in [-0.39, 0.29) is 11.6 Å². The van der Waals surface area contributed by atoms with Crippen LogP contribution in [0.15, 0.2) is 16.6 Å². The molecule has 0 bridgehead atoms. The second-order valence-electron chi connectivity index (χ2n) is 3.06. The first kappa shape index (κ1) is 9.48. The maximum absolute atomic E-state index is 10.9. The predicted octanol–water partition coefficient (Wildman–Crippen LogP) is 1.54. The zero-order chi connectivity index (χ0) is 10.3. The number of halogens is 1. The van der Waals surface area contributed by atoms with Gasteiger partial charge in [0, 0.05) is 10.0 Å². The molecule has 1 heterocycles. The summed E-state index contributed by atoms with van der Waals surface area (Å²) in [4.78, 5) is 10.9. The molecule has 1 aromatic rings. The topological polar surface area (TPSA) is 72.5 Å². The van der Waals surface area contributed by atoms with Crippen LogP contribution in [0.1, 0.15) is 22.0 Å². The van der Waals surface area contributed by atoms with Gasteiger partial charge in [-0.25, -0.2) is 4.79 Å². The molecule has 0 saturated heterocycles. The Labute approximate surface area is 88.8 Å². The van der Waals surface area contributed by atoms with Crippen LogP contribution in [0.3, 0.4) is 0 Å². The third-order valence-corrected chi connectivity index (χ3v) is 2.82. The van der Waals surface area contributed by atoms with Crippen LogP contribution in [-0.4, -0.2) is 17.7 Å². The van der Waals surface area contributed by atoms with E-state index < -0.39 is 5.97 Å². The maximum atomic E-state index is 10.9. The van der Waals surface area contributed by atoms with Gasteiger partial charge in [-0.05, 0) is 22.0 Å². The first-order valence-electron chi connectivity index (χ1n) is 4.05. The lowest BCUT2D eigenvalue weighted by Crippen LogP contribution is -2.10. The summed E-state index contributed by atoms with van der Waals surface area (Å²) in [6, 6.07) is 3.23. The SMILES string of the molecule is N[C@H]1COc2c1ccc(Br)c2C(=O)O. The molecule has 0 fully saturated rings. The summed E-state index contributed by atoms with van der Waals surface area (Å²) in [5.41, 5.74) is 6.64. The molecule has 1 aliphatic rings. The van der Waals surface area contributed by atoms with Gasteiger partial charge in [0.1, 0.15) is 17.9 Å². The summed E-state index contributed by atoms with van der Waals surface area (Å²) in [7, 11) is 0. The number of fused-ring (bicyclic) bond motifs is 1. The number of rotatable bonds is 1. The monoisotopic (exact) mass is 257 g/mol. The van der Waals surface area contributed by atoms with Gasteiger partial charge < -0.3 is 15.6 Å². The molecule has 1 aromatic carbocycles. The largest absolute Gasteiger partial charge is 0.490 e. The Hall–Kier alpha value is -1.07. The molecule has 0 saturated carbocycles. The van der Waals surface area contributed by atoms with Crippen molar-refractivity contribution in [1.29, 1.82) is 0 Å². The zero-order valence-corrected chi connectivity index (χ0v) is 8.74. The third-order valence-electron chi connectivity index (χ3n) is 2.16. The number of hydrogen-bond acceptors (Lipinski definition) is 3. The van der Waals surface area contributed by atoms with Gasteiger partial charge in [0.05, 0.1) is 6.04 Å². The van der Waals surface area contributed by atoms with Crippen molar-refractivity contribution < 1.29 is 14.6 Å². The molecule has 14 heavy (non-hydrogen) atoms. The third kappa shape index (κ3) is 1.29. The fourth-order valence-electron chi connectivity index (χ4n) is 1.48. The summed E-state index contributed by atoms with van der Waals surface area (Å²) in [6.07, 6.45) is 0. The number of hydrogen-bond donors (Lipinski definition) is 2. The molecule has 1 atom stereocenters. The molecule has 0 radical (unpaired) electrons. The van der Waals surface area contributed by atoms with Gasteiger partial charge in [0.25, 0.3) is 0 Å². The van der Waals surface area contributed by atoms with Crippen molar-refractivity contribution in [2.75, 3.05) is 6.61 Å². The van der Waals surface area contributed by atoms with E-state index in [1.165, 1.54) is 0 Å². The highest BCUT2D eigenvalue weighted by Crippen LogP contribution is 2.37. The quantitative estimate of drug-likeness (QED) is 0.801. The van der Waals surface area contributed by atoms with Crippen LogP contribution in [-0.2, 0) is 0 Å². The van der Waals surface area contributed by atoms with Gasteiger partial charge >= 0.3 is 5.97 Å². The van der Waals surface area contributed by atoms with Crippen LogP contribution in [0.25, 0.3) is 0 Å². The molecule has 0 amide bonds. The molecule has 4 nitrogen and oxygen atoms in total. The summed E-state index contributed by atoms with van der Waals surface area (Å²) in [5, 5.41) is 8.97. The highest BCUT2D eigenvalue weighted by atomic mass is 79.9. The minimum atomic E-state index is -1.01. The number of carboxylic acid groups (broad SMARTS) is 1. The molecular formula is C9H8BrNO3. The lowest BCUT2D eigenvalue weighted by molar-refractivity contribution is 0.0692. The first-order chi connectivity index (χ1) is 6.61. The van der Waals surface area contributed by atoms with Crippen molar-refractivity contribution in [2.24, 2.45) is 5.73 Å². The average Bonchev–Trinajstić information content (AvgIpc) is 2.47. The Morgan fingerprint density at radius 2 is 2.36 bits per heavy atom. The van der Waals surface area contributed by atoms with Crippen LogP contribution < -0.4 is 10.5 Å². The number of benzene rings is 1. The van der Waals surface area contributed by atoms with Crippen molar-refractivity contribution in [3.05, 3.63) is 27.7 Å². The number of carbonyl (C=O) groups is 1. The van der Waals surface area contributed by atoms with Gasteiger partial charge in [-0.2, -0.15) is 0 Å². The lowest BCUT2D eigenvalue weighted by atomic mass is 10.1. The van der Waals surface area contributed by atoms with Gasteiger partial charge in [-0.3, -0.25) is 0 Å². The van der Waals surface area contributed by atoms with Crippen molar-refractivity contribution >= 4 is 21.9 Å². The van der Waals surface area contributed by atoms with E-state index in [0.29, 0.717) is 16.8 Å². The summed E-state index contributed by atoms with van der Waals surface area (Å²) >= 11 is 3.17. The molecule has 0 unspecified atom stereocenters. The van der Waals surface area contributed by atoms with Crippen LogP contribution >= 0.6 is 15.9 Å². The van der Waals surface area contributed by atoms with E-state index in [1.54, 1.807) is 12.1 Å². The number of ether oxygens (including phenoxy) is 1. The van der Waals surface area contributed by atoms with E-state index in [9.17, 15) is 4.79 Å². The summed E-state index contributed by atoms with van der Waals surface area (Å²) in [5.74, 6) is -0.623.